The van der Waals surface area contributed by atoms with E-state index in [9.17, 15) is 15.0 Å². The van der Waals surface area contributed by atoms with Crippen LogP contribution in [0.4, 0.5) is 0 Å². The van der Waals surface area contributed by atoms with Gasteiger partial charge in [0.1, 0.15) is 0 Å². The Morgan fingerprint density at radius 2 is 1.69 bits per heavy atom. The minimum atomic E-state index is -1.74. The fourth-order valence-corrected chi connectivity index (χ4v) is 1.70. The Labute approximate surface area is 95.7 Å². The van der Waals surface area contributed by atoms with Crippen molar-refractivity contribution in [2.75, 3.05) is 0 Å². The third-order valence-corrected chi connectivity index (χ3v) is 2.94. The SMILES string of the molecule is CCC(O)(C(=O)c1ccccc1)C(C)(C)O. The molecular weight excluding hydrogens is 204 g/mol. The van der Waals surface area contributed by atoms with Gasteiger partial charge in [-0.25, -0.2) is 0 Å². The average molecular weight is 222 g/mol. The molecule has 0 aliphatic rings. The summed E-state index contributed by atoms with van der Waals surface area (Å²) in [4.78, 5) is 12.1. The van der Waals surface area contributed by atoms with Gasteiger partial charge in [0, 0.05) is 5.56 Å². The van der Waals surface area contributed by atoms with Crippen molar-refractivity contribution in [3.05, 3.63) is 35.9 Å². The number of benzene rings is 1. The van der Waals surface area contributed by atoms with E-state index in [-0.39, 0.29) is 6.42 Å². The maximum absolute atomic E-state index is 12.1. The van der Waals surface area contributed by atoms with Crippen LogP contribution in [0.5, 0.6) is 0 Å². The summed E-state index contributed by atoms with van der Waals surface area (Å²) in [6.07, 6.45) is 0.171. The Balaban J connectivity index is 3.13. The van der Waals surface area contributed by atoms with Crippen LogP contribution in [0.3, 0.4) is 0 Å². The lowest BCUT2D eigenvalue weighted by molar-refractivity contribution is -0.105. The molecule has 0 bridgehead atoms. The molecule has 0 radical (unpaired) electrons. The number of carbonyl (C=O) groups is 1. The van der Waals surface area contributed by atoms with Gasteiger partial charge < -0.3 is 10.2 Å². The number of hydrogen-bond donors (Lipinski definition) is 2. The Morgan fingerprint density at radius 3 is 2.06 bits per heavy atom. The maximum Gasteiger partial charge on any atom is 0.197 e. The molecule has 0 amide bonds. The lowest BCUT2D eigenvalue weighted by atomic mass is 9.78. The van der Waals surface area contributed by atoms with Crippen LogP contribution in [-0.2, 0) is 0 Å². The zero-order valence-electron chi connectivity index (χ0n) is 9.90. The summed E-state index contributed by atoms with van der Waals surface area (Å²) in [7, 11) is 0. The average Bonchev–Trinajstić information content (AvgIpc) is 2.26. The molecule has 1 atom stereocenters. The van der Waals surface area contributed by atoms with Crippen LogP contribution >= 0.6 is 0 Å². The second kappa shape index (κ2) is 4.36. The molecule has 0 aromatic heterocycles. The van der Waals surface area contributed by atoms with Gasteiger partial charge in [0.05, 0.1) is 5.60 Å². The Kier molecular flexibility index (Phi) is 3.51. The summed E-state index contributed by atoms with van der Waals surface area (Å²) in [6, 6.07) is 8.52. The number of hydrogen-bond acceptors (Lipinski definition) is 3. The zero-order chi connectivity index (χ0) is 12.4. The topological polar surface area (TPSA) is 57.5 Å². The molecule has 88 valence electrons. The highest BCUT2D eigenvalue weighted by Gasteiger charge is 2.47. The summed E-state index contributed by atoms with van der Waals surface area (Å²) < 4.78 is 0. The first-order valence-corrected chi connectivity index (χ1v) is 5.37. The molecule has 3 nitrogen and oxygen atoms in total. The molecule has 1 aromatic rings. The molecule has 0 spiro atoms. The first-order chi connectivity index (χ1) is 7.33. The third-order valence-electron chi connectivity index (χ3n) is 2.94. The van der Waals surface area contributed by atoms with Crippen molar-refractivity contribution in [3.8, 4) is 0 Å². The highest BCUT2D eigenvalue weighted by molar-refractivity contribution is 6.03. The summed E-state index contributed by atoms with van der Waals surface area (Å²) >= 11 is 0. The van der Waals surface area contributed by atoms with Crippen LogP contribution in [0.15, 0.2) is 30.3 Å². The van der Waals surface area contributed by atoms with Crippen molar-refractivity contribution in [1.82, 2.24) is 0 Å². The second-order valence-electron chi connectivity index (χ2n) is 4.47. The molecule has 16 heavy (non-hydrogen) atoms. The van der Waals surface area contributed by atoms with Gasteiger partial charge in [-0.05, 0) is 20.3 Å². The first-order valence-electron chi connectivity index (χ1n) is 5.37. The van der Waals surface area contributed by atoms with Crippen molar-refractivity contribution in [3.63, 3.8) is 0 Å². The van der Waals surface area contributed by atoms with Crippen LogP contribution in [0.2, 0.25) is 0 Å². The molecule has 3 heteroatoms. The van der Waals surface area contributed by atoms with E-state index in [1.54, 1.807) is 37.3 Å². The van der Waals surface area contributed by atoms with Crippen LogP contribution in [0.1, 0.15) is 37.6 Å². The van der Waals surface area contributed by atoms with Gasteiger partial charge in [-0.3, -0.25) is 4.79 Å². The standard InChI is InChI=1S/C13H18O3/c1-4-13(16,12(2,3)15)11(14)10-8-6-5-7-9-10/h5-9,15-16H,4H2,1-3H3. The molecule has 0 saturated heterocycles. The van der Waals surface area contributed by atoms with Crippen molar-refractivity contribution < 1.29 is 15.0 Å². The smallest absolute Gasteiger partial charge is 0.197 e. The number of aliphatic hydroxyl groups is 2. The number of rotatable bonds is 4. The quantitative estimate of drug-likeness (QED) is 0.763. The van der Waals surface area contributed by atoms with Crippen LogP contribution in [0.25, 0.3) is 0 Å². The molecule has 2 N–H and O–H groups in total. The Hall–Kier alpha value is -1.19. The predicted octanol–water partition coefficient (Wildman–Crippen LogP) is 1.78. The van der Waals surface area contributed by atoms with Gasteiger partial charge in [0.25, 0.3) is 0 Å². The van der Waals surface area contributed by atoms with E-state index < -0.39 is 17.0 Å². The fourth-order valence-electron chi connectivity index (χ4n) is 1.70. The van der Waals surface area contributed by atoms with Crippen molar-refractivity contribution in [1.29, 1.82) is 0 Å². The van der Waals surface area contributed by atoms with Crippen molar-refractivity contribution >= 4 is 5.78 Å². The van der Waals surface area contributed by atoms with E-state index in [2.05, 4.69) is 0 Å². The summed E-state index contributed by atoms with van der Waals surface area (Å²) in [5.41, 5.74) is -2.79. The normalized spacial score (nSPS) is 15.6. The van der Waals surface area contributed by atoms with Crippen LogP contribution in [-0.4, -0.2) is 27.2 Å². The molecule has 0 heterocycles. The highest BCUT2D eigenvalue weighted by atomic mass is 16.4. The van der Waals surface area contributed by atoms with E-state index in [1.165, 1.54) is 13.8 Å². The molecule has 0 saturated carbocycles. The van der Waals surface area contributed by atoms with Gasteiger partial charge in [-0.1, -0.05) is 37.3 Å². The maximum atomic E-state index is 12.1. The summed E-state index contributed by atoms with van der Waals surface area (Å²) in [5.74, 6) is -0.442. The third kappa shape index (κ3) is 2.15. The molecule has 0 aliphatic carbocycles. The Morgan fingerprint density at radius 1 is 1.19 bits per heavy atom. The Bertz CT molecular complexity index is 365. The predicted molar refractivity (Wildman–Crippen MR) is 62.3 cm³/mol. The molecule has 1 unspecified atom stereocenters. The number of ketones is 1. The largest absolute Gasteiger partial charge is 0.387 e. The van der Waals surface area contributed by atoms with Gasteiger partial charge in [0.2, 0.25) is 0 Å². The van der Waals surface area contributed by atoms with Crippen molar-refractivity contribution in [2.24, 2.45) is 0 Å². The monoisotopic (exact) mass is 222 g/mol. The van der Waals surface area contributed by atoms with Gasteiger partial charge >= 0.3 is 0 Å². The van der Waals surface area contributed by atoms with Crippen LogP contribution in [0, 0.1) is 0 Å². The molecule has 1 aromatic carbocycles. The van der Waals surface area contributed by atoms with Gasteiger partial charge in [-0.15, -0.1) is 0 Å². The van der Waals surface area contributed by atoms with E-state index in [0.29, 0.717) is 5.56 Å². The summed E-state index contributed by atoms with van der Waals surface area (Å²) in [5, 5.41) is 20.2. The van der Waals surface area contributed by atoms with Crippen molar-refractivity contribution in [2.45, 2.75) is 38.4 Å². The highest BCUT2D eigenvalue weighted by Crippen LogP contribution is 2.29. The van der Waals surface area contributed by atoms with E-state index in [0.717, 1.165) is 0 Å². The zero-order valence-corrected chi connectivity index (χ0v) is 9.90. The van der Waals surface area contributed by atoms with Gasteiger partial charge in [-0.2, -0.15) is 0 Å². The molecular formula is C13H18O3. The van der Waals surface area contributed by atoms with E-state index in [4.69, 9.17) is 0 Å². The van der Waals surface area contributed by atoms with E-state index >= 15 is 0 Å². The van der Waals surface area contributed by atoms with E-state index in [1.807, 2.05) is 0 Å². The number of carbonyl (C=O) groups excluding carboxylic acids is 1. The molecule has 0 fully saturated rings. The fraction of sp³-hybridized carbons (Fsp3) is 0.462. The minimum absolute atomic E-state index is 0.171. The second-order valence-corrected chi connectivity index (χ2v) is 4.47. The van der Waals surface area contributed by atoms with Crippen LogP contribution < -0.4 is 0 Å². The molecule has 0 aliphatic heterocycles. The minimum Gasteiger partial charge on any atom is -0.387 e. The number of Topliss-reactive ketones (excluding diaryl/α,β-unsaturated/α-hetero) is 1. The lowest BCUT2D eigenvalue weighted by Gasteiger charge is -2.36. The first kappa shape index (κ1) is 12.9. The lowest BCUT2D eigenvalue weighted by Crippen LogP contribution is -2.55. The summed E-state index contributed by atoms with van der Waals surface area (Å²) in [6.45, 7) is 4.56. The molecule has 1 rings (SSSR count). The van der Waals surface area contributed by atoms with Gasteiger partial charge in [0.15, 0.2) is 11.4 Å².